The minimum Gasteiger partial charge on any atom is -0.461 e. The van der Waals surface area contributed by atoms with Gasteiger partial charge in [0.15, 0.2) is 11.9 Å². The molecule has 0 unspecified atom stereocenters. The molecule has 0 aliphatic carbocycles. The molecule has 1 aromatic rings. The Labute approximate surface area is 91.8 Å². The van der Waals surface area contributed by atoms with Crippen molar-refractivity contribution in [3.63, 3.8) is 0 Å². The quantitative estimate of drug-likeness (QED) is 0.609. The molecule has 0 amide bonds. The molecule has 14 heavy (non-hydrogen) atoms. The monoisotopic (exact) mass is 258 g/mol. The molecule has 3 nitrogen and oxygen atoms in total. The lowest BCUT2D eigenvalue weighted by molar-refractivity contribution is -0.692. The number of pyridine rings is 1. The van der Waals surface area contributed by atoms with Crippen molar-refractivity contribution in [2.75, 3.05) is 6.61 Å². The van der Waals surface area contributed by atoms with Crippen molar-refractivity contribution >= 4 is 21.9 Å². The third kappa shape index (κ3) is 3.10. The predicted molar refractivity (Wildman–Crippen MR) is 55.7 cm³/mol. The van der Waals surface area contributed by atoms with Gasteiger partial charge < -0.3 is 4.74 Å². The SMILES string of the molecule is CCOC(=O)C[n+]1cc(Br)ccc1C. The average Bonchev–Trinajstić information content (AvgIpc) is 2.12. The maximum Gasteiger partial charge on any atom is 0.372 e. The van der Waals surface area contributed by atoms with E-state index < -0.39 is 0 Å². The molecule has 0 aromatic carbocycles. The number of carbonyl (C=O) groups is 1. The fourth-order valence-corrected chi connectivity index (χ4v) is 1.49. The standard InChI is InChI=1S/C10H13BrNO2/c1-3-14-10(13)7-12-6-9(11)5-4-8(12)2/h4-6H,3,7H2,1-2H3/q+1. The first kappa shape index (κ1) is 11.2. The van der Waals surface area contributed by atoms with E-state index in [1.54, 1.807) is 6.92 Å². The van der Waals surface area contributed by atoms with Gasteiger partial charge in [-0.2, -0.15) is 4.57 Å². The van der Waals surface area contributed by atoms with E-state index in [1.807, 2.05) is 29.8 Å². The average molecular weight is 259 g/mol. The summed E-state index contributed by atoms with van der Waals surface area (Å²) in [5.41, 5.74) is 1.03. The largest absolute Gasteiger partial charge is 0.461 e. The van der Waals surface area contributed by atoms with Crippen LogP contribution in [-0.4, -0.2) is 12.6 Å². The molecule has 0 fully saturated rings. The van der Waals surface area contributed by atoms with Gasteiger partial charge >= 0.3 is 5.97 Å². The summed E-state index contributed by atoms with van der Waals surface area (Å²) in [7, 11) is 0. The summed E-state index contributed by atoms with van der Waals surface area (Å²) in [4.78, 5) is 11.2. The van der Waals surface area contributed by atoms with E-state index in [1.165, 1.54) is 0 Å². The number of aryl methyl sites for hydroxylation is 1. The van der Waals surface area contributed by atoms with Crippen molar-refractivity contribution in [1.82, 2.24) is 0 Å². The number of rotatable bonds is 3. The van der Waals surface area contributed by atoms with E-state index in [4.69, 9.17) is 4.74 Å². The third-order valence-electron chi connectivity index (χ3n) is 1.82. The van der Waals surface area contributed by atoms with Gasteiger partial charge in [0.25, 0.3) is 0 Å². The highest BCUT2D eigenvalue weighted by molar-refractivity contribution is 9.10. The minimum atomic E-state index is -0.210. The van der Waals surface area contributed by atoms with Crippen LogP contribution >= 0.6 is 15.9 Å². The van der Waals surface area contributed by atoms with Crippen LogP contribution in [0.4, 0.5) is 0 Å². The highest BCUT2D eigenvalue weighted by Gasteiger charge is 2.13. The zero-order chi connectivity index (χ0) is 10.6. The van der Waals surface area contributed by atoms with E-state index >= 15 is 0 Å². The predicted octanol–water partition coefficient (Wildman–Crippen LogP) is 1.61. The van der Waals surface area contributed by atoms with Gasteiger partial charge in [-0.1, -0.05) is 0 Å². The molecule has 0 saturated carbocycles. The summed E-state index contributed by atoms with van der Waals surface area (Å²) in [6.45, 7) is 4.44. The minimum absolute atomic E-state index is 0.210. The second-order valence-electron chi connectivity index (χ2n) is 2.92. The lowest BCUT2D eigenvalue weighted by atomic mass is 10.3. The highest BCUT2D eigenvalue weighted by atomic mass is 79.9. The normalized spacial score (nSPS) is 9.93. The van der Waals surface area contributed by atoms with E-state index in [0.29, 0.717) is 6.61 Å². The second-order valence-corrected chi connectivity index (χ2v) is 3.84. The number of hydrogen-bond donors (Lipinski definition) is 0. The summed E-state index contributed by atoms with van der Waals surface area (Å²) in [6, 6.07) is 3.89. The van der Waals surface area contributed by atoms with Crippen LogP contribution in [0.2, 0.25) is 0 Å². The molecule has 76 valence electrons. The van der Waals surface area contributed by atoms with Gasteiger partial charge in [0.1, 0.15) is 0 Å². The van der Waals surface area contributed by atoms with Crippen LogP contribution in [-0.2, 0) is 16.1 Å². The van der Waals surface area contributed by atoms with E-state index in [0.717, 1.165) is 10.2 Å². The number of halogens is 1. The molecule has 4 heteroatoms. The Morgan fingerprint density at radius 2 is 2.29 bits per heavy atom. The van der Waals surface area contributed by atoms with E-state index in [2.05, 4.69) is 15.9 Å². The summed E-state index contributed by atoms with van der Waals surface area (Å²) in [6.07, 6.45) is 1.87. The van der Waals surface area contributed by atoms with Gasteiger partial charge in [0.05, 0.1) is 11.1 Å². The van der Waals surface area contributed by atoms with Crippen LogP contribution in [0.1, 0.15) is 12.6 Å². The number of carbonyl (C=O) groups excluding carboxylic acids is 1. The third-order valence-corrected chi connectivity index (χ3v) is 2.29. The summed E-state index contributed by atoms with van der Waals surface area (Å²) >= 11 is 3.35. The molecule has 1 rings (SSSR count). The smallest absolute Gasteiger partial charge is 0.372 e. The molecule has 1 heterocycles. The van der Waals surface area contributed by atoms with Crippen LogP contribution in [0.25, 0.3) is 0 Å². The molecule has 0 aliphatic heterocycles. The van der Waals surface area contributed by atoms with Crippen LogP contribution in [0.15, 0.2) is 22.8 Å². The Kier molecular flexibility index (Phi) is 4.07. The maximum absolute atomic E-state index is 11.2. The van der Waals surface area contributed by atoms with Gasteiger partial charge in [-0.05, 0) is 28.9 Å². The number of nitrogens with zero attached hydrogens (tertiary/aromatic N) is 1. The highest BCUT2D eigenvalue weighted by Crippen LogP contribution is 2.05. The fourth-order valence-electron chi connectivity index (χ4n) is 1.11. The van der Waals surface area contributed by atoms with E-state index in [9.17, 15) is 4.79 Å². The molecule has 0 spiro atoms. The zero-order valence-corrected chi connectivity index (χ0v) is 9.87. The first-order chi connectivity index (χ1) is 6.63. The molecular weight excluding hydrogens is 246 g/mol. The van der Waals surface area contributed by atoms with Gasteiger partial charge in [-0.15, -0.1) is 0 Å². The van der Waals surface area contributed by atoms with Crippen LogP contribution in [0, 0.1) is 6.92 Å². The molecule has 0 aliphatic rings. The molecule has 0 N–H and O–H groups in total. The van der Waals surface area contributed by atoms with Gasteiger partial charge in [0.2, 0.25) is 6.54 Å². The van der Waals surface area contributed by atoms with Crippen molar-refractivity contribution in [2.24, 2.45) is 0 Å². The molecule has 0 bridgehead atoms. The van der Waals surface area contributed by atoms with Gasteiger partial charge in [0, 0.05) is 13.0 Å². The first-order valence-electron chi connectivity index (χ1n) is 4.44. The Morgan fingerprint density at radius 1 is 1.57 bits per heavy atom. The Morgan fingerprint density at radius 3 is 2.93 bits per heavy atom. The van der Waals surface area contributed by atoms with Crippen molar-refractivity contribution in [2.45, 2.75) is 20.4 Å². The van der Waals surface area contributed by atoms with Crippen molar-refractivity contribution in [3.05, 3.63) is 28.5 Å². The van der Waals surface area contributed by atoms with E-state index in [-0.39, 0.29) is 12.5 Å². The van der Waals surface area contributed by atoms with Crippen LogP contribution < -0.4 is 4.57 Å². The van der Waals surface area contributed by atoms with Crippen LogP contribution in [0.5, 0.6) is 0 Å². The number of esters is 1. The summed E-state index contributed by atoms with van der Waals surface area (Å²) in [5.74, 6) is -0.210. The maximum atomic E-state index is 11.2. The number of ether oxygens (including phenoxy) is 1. The molecule has 0 atom stereocenters. The number of aromatic nitrogens is 1. The first-order valence-corrected chi connectivity index (χ1v) is 5.24. The molecular formula is C10H13BrNO2+. The molecule has 0 saturated heterocycles. The van der Waals surface area contributed by atoms with Crippen molar-refractivity contribution in [3.8, 4) is 0 Å². The Hall–Kier alpha value is -0.900. The Balaban J connectivity index is 2.75. The summed E-state index contributed by atoms with van der Waals surface area (Å²) < 4.78 is 7.67. The number of hydrogen-bond acceptors (Lipinski definition) is 2. The van der Waals surface area contributed by atoms with Gasteiger partial charge in [-0.3, -0.25) is 0 Å². The molecule has 1 aromatic heterocycles. The second kappa shape index (κ2) is 5.10. The lowest BCUT2D eigenvalue weighted by Crippen LogP contribution is -2.41. The van der Waals surface area contributed by atoms with Crippen molar-refractivity contribution in [1.29, 1.82) is 0 Å². The molecule has 0 radical (unpaired) electrons. The van der Waals surface area contributed by atoms with Gasteiger partial charge in [-0.25, -0.2) is 4.79 Å². The topological polar surface area (TPSA) is 30.2 Å². The zero-order valence-electron chi connectivity index (χ0n) is 8.29. The van der Waals surface area contributed by atoms with Crippen LogP contribution in [0.3, 0.4) is 0 Å². The fraction of sp³-hybridized carbons (Fsp3) is 0.400. The summed E-state index contributed by atoms with van der Waals surface area (Å²) in [5, 5.41) is 0. The Bertz CT molecular complexity index is 339. The van der Waals surface area contributed by atoms with Crippen molar-refractivity contribution < 1.29 is 14.1 Å². The lowest BCUT2D eigenvalue weighted by Gasteiger charge is -2.00.